The molecular formula is C28H40N5O4+. The van der Waals surface area contributed by atoms with Crippen molar-refractivity contribution in [2.75, 3.05) is 20.3 Å². The predicted octanol–water partition coefficient (Wildman–Crippen LogP) is 3.49. The smallest absolute Gasteiger partial charge is 0.362 e. The maximum absolute atomic E-state index is 13.8. The van der Waals surface area contributed by atoms with E-state index in [1.165, 1.54) is 0 Å². The summed E-state index contributed by atoms with van der Waals surface area (Å²) in [6.45, 7) is 14.9. The minimum Gasteiger partial charge on any atom is -0.493 e. The van der Waals surface area contributed by atoms with Crippen LogP contribution in [0.2, 0.25) is 0 Å². The van der Waals surface area contributed by atoms with E-state index in [0.717, 1.165) is 24.2 Å². The van der Waals surface area contributed by atoms with Crippen molar-refractivity contribution in [3.05, 3.63) is 34.7 Å². The second kappa shape index (κ2) is 9.97. The minimum atomic E-state index is -1.16. The Morgan fingerprint density at radius 1 is 1.35 bits per heavy atom. The number of aliphatic imine (C=N–C) groups is 1. The molecule has 1 aromatic carbocycles. The lowest BCUT2D eigenvalue weighted by atomic mass is 9.79. The average molecular weight is 511 g/mol. The van der Waals surface area contributed by atoms with Crippen molar-refractivity contribution in [3.8, 4) is 12.3 Å². The number of carbonyl (C=O) groups is 2. The van der Waals surface area contributed by atoms with Crippen molar-refractivity contribution >= 4 is 17.8 Å². The van der Waals surface area contributed by atoms with E-state index in [4.69, 9.17) is 26.8 Å². The van der Waals surface area contributed by atoms with Gasteiger partial charge in [0.25, 0.3) is 6.57 Å². The first-order valence-corrected chi connectivity index (χ1v) is 13.2. The molecule has 2 amide bonds. The van der Waals surface area contributed by atoms with Gasteiger partial charge < -0.3 is 20.5 Å². The molecule has 3 aliphatic rings. The lowest BCUT2D eigenvalue weighted by Crippen LogP contribution is -2.57. The van der Waals surface area contributed by atoms with Gasteiger partial charge in [0.2, 0.25) is 5.91 Å². The van der Waals surface area contributed by atoms with Crippen LogP contribution in [-0.2, 0) is 14.3 Å². The van der Waals surface area contributed by atoms with Gasteiger partial charge in [0, 0.05) is 24.7 Å². The molecule has 200 valence electrons. The summed E-state index contributed by atoms with van der Waals surface area (Å²) in [5.41, 5.74) is 5.35. The van der Waals surface area contributed by atoms with Gasteiger partial charge in [-0.2, -0.15) is 0 Å². The standard InChI is InChI=1S/C28H39N5O4/c1-7-27(8-2)16-22(34)33(25(29)32-27)20(13-14-36-6)19-15-28(19,30-5)24(35)31-23-18-11-9-10-12-21(18)37-17-26(23,3)4/h5,9-12,19-20,23H,7-8,13-17H2,1-4,6H3,(H2-,29,31,32,35)/p+1/t19-,20-,23-,28-/m1/s1. The lowest BCUT2D eigenvalue weighted by Gasteiger charge is -2.40. The van der Waals surface area contributed by atoms with Crippen LogP contribution in [0.25, 0.3) is 4.85 Å². The van der Waals surface area contributed by atoms with Gasteiger partial charge in [-0.3, -0.25) is 14.5 Å². The monoisotopic (exact) mass is 510 g/mol. The molecule has 9 nitrogen and oxygen atoms in total. The Hall–Kier alpha value is -3.12. The van der Waals surface area contributed by atoms with E-state index in [1.54, 1.807) is 12.0 Å². The van der Waals surface area contributed by atoms with Crippen molar-refractivity contribution in [2.45, 2.75) is 83.0 Å². The number of carbonyl (C=O) groups excluding carboxylic acids is 2. The highest BCUT2D eigenvalue weighted by molar-refractivity contribution is 6.00. The summed E-state index contributed by atoms with van der Waals surface area (Å²) in [7, 11) is 1.61. The summed E-state index contributed by atoms with van der Waals surface area (Å²) in [5, 5.41) is 3.23. The molecule has 0 radical (unpaired) electrons. The van der Waals surface area contributed by atoms with E-state index >= 15 is 0 Å². The zero-order chi connectivity index (χ0) is 27.0. The molecule has 9 heteroatoms. The summed E-state index contributed by atoms with van der Waals surface area (Å²) in [5.74, 6) is 0.302. The molecular weight excluding hydrogens is 470 g/mol. The summed E-state index contributed by atoms with van der Waals surface area (Å²) < 4.78 is 11.3. The van der Waals surface area contributed by atoms with Crippen LogP contribution in [0.5, 0.6) is 5.75 Å². The number of ether oxygens (including phenoxy) is 2. The first-order chi connectivity index (χ1) is 17.6. The fourth-order valence-corrected chi connectivity index (χ4v) is 5.94. The normalized spacial score (nSPS) is 28.3. The van der Waals surface area contributed by atoms with Gasteiger partial charge in [-0.05, 0) is 25.3 Å². The van der Waals surface area contributed by atoms with E-state index < -0.39 is 17.1 Å². The van der Waals surface area contributed by atoms with Crippen molar-refractivity contribution in [2.24, 2.45) is 22.1 Å². The van der Waals surface area contributed by atoms with Gasteiger partial charge in [0.1, 0.15) is 5.75 Å². The van der Waals surface area contributed by atoms with Crippen LogP contribution in [0.3, 0.4) is 0 Å². The van der Waals surface area contributed by atoms with Crippen molar-refractivity contribution in [1.82, 2.24) is 10.2 Å². The van der Waals surface area contributed by atoms with Crippen LogP contribution < -0.4 is 15.8 Å². The highest BCUT2D eigenvalue weighted by Crippen LogP contribution is 2.53. The van der Waals surface area contributed by atoms with E-state index in [9.17, 15) is 9.59 Å². The number of guanidine groups is 1. The largest absolute Gasteiger partial charge is 0.493 e. The third-order valence-electron chi connectivity index (χ3n) is 8.57. The molecule has 37 heavy (non-hydrogen) atoms. The number of fused-ring (bicyclic) bond motifs is 1. The Morgan fingerprint density at radius 2 is 2.05 bits per heavy atom. The quantitative estimate of drug-likeness (QED) is 0.528. The van der Waals surface area contributed by atoms with Crippen molar-refractivity contribution in [1.29, 1.82) is 0 Å². The van der Waals surface area contributed by atoms with Gasteiger partial charge in [0.15, 0.2) is 5.96 Å². The number of para-hydroxylation sites is 1. The number of amides is 2. The van der Waals surface area contributed by atoms with Gasteiger partial charge in [-0.25, -0.2) is 4.99 Å². The molecule has 0 bridgehead atoms. The zero-order valence-electron chi connectivity index (χ0n) is 22.6. The van der Waals surface area contributed by atoms with Crippen LogP contribution in [0.1, 0.15) is 71.4 Å². The number of nitrogens with one attached hydrogen (secondary N) is 1. The molecule has 0 aromatic heterocycles. The molecule has 1 saturated carbocycles. The number of nitrogens with two attached hydrogens (primary N) is 1. The maximum atomic E-state index is 13.8. The number of methoxy groups -OCH3 is 1. The lowest BCUT2D eigenvalue weighted by molar-refractivity contribution is -0.133. The Labute approximate surface area is 219 Å². The fourth-order valence-electron chi connectivity index (χ4n) is 5.94. The highest BCUT2D eigenvalue weighted by atomic mass is 16.5. The fraction of sp³-hybridized carbons (Fsp3) is 0.643. The maximum Gasteiger partial charge on any atom is 0.362 e. The Bertz CT molecular complexity index is 1120. The Morgan fingerprint density at radius 3 is 2.68 bits per heavy atom. The topological polar surface area (TPSA) is 111 Å². The van der Waals surface area contributed by atoms with Crippen LogP contribution in [0.15, 0.2) is 29.3 Å². The summed E-state index contributed by atoms with van der Waals surface area (Å²) >= 11 is 0. The molecule has 1 aromatic rings. The first kappa shape index (κ1) is 26.9. The third-order valence-corrected chi connectivity index (χ3v) is 8.57. The second-order valence-corrected chi connectivity index (χ2v) is 11.3. The van der Waals surface area contributed by atoms with Crippen LogP contribution in [0.4, 0.5) is 0 Å². The molecule has 1 fully saturated rings. The number of benzene rings is 1. The molecule has 2 aliphatic heterocycles. The molecule has 0 unspecified atom stereocenters. The van der Waals surface area contributed by atoms with E-state index in [0.29, 0.717) is 26.1 Å². The third kappa shape index (κ3) is 4.68. The van der Waals surface area contributed by atoms with Crippen LogP contribution in [0, 0.1) is 17.9 Å². The van der Waals surface area contributed by atoms with Gasteiger partial charge in [-0.15, -0.1) is 0 Å². The number of hydrogen-bond acceptors (Lipinski definition) is 6. The molecule has 0 spiro atoms. The van der Waals surface area contributed by atoms with E-state index in [2.05, 4.69) is 24.0 Å². The van der Waals surface area contributed by atoms with Crippen molar-refractivity contribution in [3.63, 3.8) is 0 Å². The summed E-state index contributed by atoms with van der Waals surface area (Å²) in [6.07, 6.45) is 2.64. The Kier molecular flexibility index (Phi) is 7.26. The van der Waals surface area contributed by atoms with E-state index in [1.807, 2.05) is 38.1 Å². The van der Waals surface area contributed by atoms with E-state index in [-0.39, 0.29) is 41.6 Å². The Balaban J connectivity index is 1.62. The summed E-state index contributed by atoms with van der Waals surface area (Å²) in [6, 6.07) is 7.04. The van der Waals surface area contributed by atoms with Gasteiger partial charge in [0.05, 0.1) is 43.0 Å². The molecule has 1 aliphatic carbocycles. The first-order valence-electron chi connectivity index (χ1n) is 13.2. The molecule has 2 heterocycles. The average Bonchev–Trinajstić information content (AvgIpc) is 3.63. The molecule has 3 N–H and O–H groups in total. The molecule has 4 rings (SSSR count). The highest BCUT2D eigenvalue weighted by Gasteiger charge is 2.75. The molecule has 4 atom stereocenters. The predicted molar refractivity (Wildman–Crippen MR) is 142 cm³/mol. The van der Waals surface area contributed by atoms with Crippen molar-refractivity contribution < 1.29 is 19.1 Å². The SMILES string of the molecule is C#[N+][C@]1(C(=O)N[C@@H]2c3ccccc3OCC2(C)C)C[C@@H]1[C@@H](CCOC)N1C(=O)CC(CC)(CC)N=C1N. The summed E-state index contributed by atoms with van der Waals surface area (Å²) in [4.78, 5) is 37.7. The second-order valence-electron chi connectivity index (χ2n) is 11.3. The zero-order valence-corrected chi connectivity index (χ0v) is 22.6. The number of hydrogen-bond donors (Lipinski definition) is 2. The van der Waals surface area contributed by atoms with Gasteiger partial charge in [-0.1, -0.05) is 50.7 Å². The number of nitrogens with zero attached hydrogens (tertiary/aromatic N) is 3. The van der Waals surface area contributed by atoms with Crippen LogP contribution >= 0.6 is 0 Å². The molecule has 0 saturated heterocycles. The van der Waals surface area contributed by atoms with Gasteiger partial charge >= 0.3 is 11.4 Å². The number of rotatable bonds is 9. The minimum absolute atomic E-state index is 0.0879. The van der Waals surface area contributed by atoms with Crippen LogP contribution in [-0.4, -0.2) is 60.1 Å².